The van der Waals surface area contributed by atoms with E-state index >= 15 is 0 Å². The highest BCUT2D eigenvalue weighted by molar-refractivity contribution is 5.91. The molecule has 0 radical (unpaired) electrons. The predicted octanol–water partition coefficient (Wildman–Crippen LogP) is 4.79. The molecule has 0 aliphatic heterocycles. The lowest BCUT2D eigenvalue weighted by Gasteiger charge is -2.20. The molecular weight excluding hydrogens is 314 g/mol. The third-order valence-corrected chi connectivity index (χ3v) is 4.49. The Morgan fingerprint density at radius 3 is 2.56 bits per heavy atom. The van der Waals surface area contributed by atoms with Gasteiger partial charge in [-0.3, -0.25) is 4.79 Å². The van der Waals surface area contributed by atoms with Gasteiger partial charge in [0.2, 0.25) is 5.91 Å². The molecule has 0 bridgehead atoms. The molecule has 1 heterocycles. The van der Waals surface area contributed by atoms with Crippen molar-refractivity contribution >= 4 is 11.6 Å². The molecule has 1 amide bonds. The van der Waals surface area contributed by atoms with Gasteiger partial charge in [-0.15, -0.1) is 0 Å². The number of amides is 1. The van der Waals surface area contributed by atoms with Gasteiger partial charge in [-0.05, 0) is 50.8 Å². The molecule has 0 saturated heterocycles. The van der Waals surface area contributed by atoms with Gasteiger partial charge in [-0.25, -0.2) is 9.97 Å². The molecular formula is C20H25N3O2. The third kappa shape index (κ3) is 5.28. The average molecular weight is 339 g/mol. The number of hydrogen-bond donors (Lipinski definition) is 1. The Hall–Kier alpha value is -2.43. The highest BCUT2D eigenvalue weighted by atomic mass is 16.5. The first-order chi connectivity index (χ1) is 12.1. The Labute approximate surface area is 148 Å². The minimum absolute atomic E-state index is 0.0756. The summed E-state index contributed by atoms with van der Waals surface area (Å²) in [4.78, 5) is 20.8. The van der Waals surface area contributed by atoms with Crippen molar-refractivity contribution in [3.63, 3.8) is 0 Å². The molecule has 1 aliphatic carbocycles. The van der Waals surface area contributed by atoms with Gasteiger partial charge in [-0.2, -0.15) is 0 Å². The van der Waals surface area contributed by atoms with Crippen LogP contribution in [0.3, 0.4) is 0 Å². The van der Waals surface area contributed by atoms with Gasteiger partial charge in [0, 0.05) is 29.6 Å². The van der Waals surface area contributed by atoms with E-state index in [9.17, 15) is 4.79 Å². The largest absolute Gasteiger partial charge is 0.424 e. The van der Waals surface area contributed by atoms with Crippen LogP contribution in [-0.2, 0) is 4.79 Å². The molecule has 132 valence electrons. The summed E-state index contributed by atoms with van der Waals surface area (Å²) in [6, 6.07) is 9.58. The van der Waals surface area contributed by atoms with Crippen molar-refractivity contribution in [1.29, 1.82) is 0 Å². The van der Waals surface area contributed by atoms with Crippen molar-refractivity contribution < 1.29 is 9.53 Å². The van der Waals surface area contributed by atoms with Crippen molar-refractivity contribution in [2.24, 2.45) is 5.92 Å². The van der Waals surface area contributed by atoms with Gasteiger partial charge in [0.05, 0.1) is 0 Å². The summed E-state index contributed by atoms with van der Waals surface area (Å²) < 4.78 is 5.74. The number of ether oxygens (including phenoxy) is 1. The summed E-state index contributed by atoms with van der Waals surface area (Å²) in [6.07, 6.45) is 6.73. The Bertz CT molecular complexity index is 719. The van der Waals surface area contributed by atoms with Crippen molar-refractivity contribution in [2.45, 2.75) is 52.4 Å². The summed E-state index contributed by atoms with van der Waals surface area (Å²) in [6.45, 7) is 3.81. The normalized spacial score (nSPS) is 15.0. The summed E-state index contributed by atoms with van der Waals surface area (Å²) in [7, 11) is 0. The van der Waals surface area contributed by atoms with E-state index in [1.165, 1.54) is 32.1 Å². The van der Waals surface area contributed by atoms with E-state index in [0.29, 0.717) is 24.1 Å². The summed E-state index contributed by atoms with van der Waals surface area (Å²) in [5, 5.41) is 2.98. The number of benzene rings is 1. The second-order valence-corrected chi connectivity index (χ2v) is 6.82. The highest BCUT2D eigenvalue weighted by Crippen LogP contribution is 2.27. The van der Waals surface area contributed by atoms with Crippen LogP contribution in [0.25, 0.3) is 0 Å². The number of carbonyl (C=O) groups is 1. The maximum absolute atomic E-state index is 12.3. The first-order valence-electron chi connectivity index (χ1n) is 8.98. The number of carbonyl (C=O) groups excluding carboxylic acids is 1. The van der Waals surface area contributed by atoms with Crippen LogP contribution < -0.4 is 10.1 Å². The second kappa shape index (κ2) is 8.10. The zero-order valence-corrected chi connectivity index (χ0v) is 14.9. The zero-order valence-electron chi connectivity index (χ0n) is 14.9. The number of rotatable bonds is 5. The molecule has 0 atom stereocenters. The van der Waals surface area contributed by atoms with Crippen molar-refractivity contribution in [1.82, 2.24) is 9.97 Å². The number of nitrogens with zero attached hydrogens (tertiary/aromatic N) is 2. The lowest BCUT2D eigenvalue weighted by atomic mass is 9.87. The van der Waals surface area contributed by atoms with Crippen molar-refractivity contribution in [3.05, 3.63) is 41.7 Å². The van der Waals surface area contributed by atoms with Crippen LogP contribution in [-0.4, -0.2) is 15.9 Å². The maximum atomic E-state index is 12.3. The fraction of sp³-hybridized carbons (Fsp3) is 0.450. The fourth-order valence-corrected chi connectivity index (χ4v) is 3.35. The van der Waals surface area contributed by atoms with Gasteiger partial charge >= 0.3 is 6.01 Å². The lowest BCUT2D eigenvalue weighted by Crippen LogP contribution is -2.18. The Morgan fingerprint density at radius 1 is 1.12 bits per heavy atom. The molecule has 0 spiro atoms. The minimum atomic E-state index is 0.0756. The number of nitrogens with one attached hydrogen (secondary N) is 1. The number of anilines is 1. The zero-order chi connectivity index (χ0) is 17.6. The van der Waals surface area contributed by atoms with Gasteiger partial charge in [0.15, 0.2) is 0 Å². The van der Waals surface area contributed by atoms with E-state index in [4.69, 9.17) is 4.74 Å². The summed E-state index contributed by atoms with van der Waals surface area (Å²) in [5.74, 6) is 1.21. The average Bonchev–Trinajstić information content (AvgIpc) is 2.55. The molecule has 2 aromatic rings. The van der Waals surface area contributed by atoms with Crippen molar-refractivity contribution in [3.8, 4) is 11.8 Å². The monoisotopic (exact) mass is 339 g/mol. The summed E-state index contributed by atoms with van der Waals surface area (Å²) >= 11 is 0. The molecule has 3 rings (SSSR count). The number of hydrogen-bond acceptors (Lipinski definition) is 4. The quantitative estimate of drug-likeness (QED) is 0.850. The van der Waals surface area contributed by atoms with E-state index in [1.54, 1.807) is 6.07 Å². The van der Waals surface area contributed by atoms with Gasteiger partial charge < -0.3 is 10.1 Å². The van der Waals surface area contributed by atoms with Gasteiger partial charge in [0.1, 0.15) is 5.75 Å². The van der Waals surface area contributed by atoms with Crippen LogP contribution in [0.4, 0.5) is 5.69 Å². The van der Waals surface area contributed by atoms with Gasteiger partial charge in [-0.1, -0.05) is 25.3 Å². The second-order valence-electron chi connectivity index (χ2n) is 6.82. The summed E-state index contributed by atoms with van der Waals surface area (Å²) in [5.41, 5.74) is 2.46. The van der Waals surface area contributed by atoms with Crippen LogP contribution in [0.2, 0.25) is 0 Å². The maximum Gasteiger partial charge on any atom is 0.322 e. The molecule has 1 aromatic heterocycles. The molecule has 25 heavy (non-hydrogen) atoms. The predicted molar refractivity (Wildman–Crippen MR) is 97.8 cm³/mol. The molecule has 1 aromatic carbocycles. The van der Waals surface area contributed by atoms with Crippen LogP contribution in [0.1, 0.15) is 49.9 Å². The smallest absolute Gasteiger partial charge is 0.322 e. The Morgan fingerprint density at radius 2 is 1.84 bits per heavy atom. The van der Waals surface area contributed by atoms with Crippen molar-refractivity contribution in [2.75, 3.05) is 5.32 Å². The molecule has 1 aliphatic rings. The fourth-order valence-electron chi connectivity index (χ4n) is 3.35. The number of aryl methyl sites for hydroxylation is 2. The van der Waals surface area contributed by atoms with Crippen LogP contribution in [0.5, 0.6) is 11.8 Å². The van der Waals surface area contributed by atoms with E-state index in [2.05, 4.69) is 15.3 Å². The third-order valence-electron chi connectivity index (χ3n) is 4.49. The van der Waals surface area contributed by atoms with Crippen LogP contribution in [0, 0.1) is 19.8 Å². The molecule has 1 N–H and O–H groups in total. The van der Waals surface area contributed by atoms with E-state index in [0.717, 1.165) is 17.1 Å². The van der Waals surface area contributed by atoms with E-state index in [-0.39, 0.29) is 5.91 Å². The minimum Gasteiger partial charge on any atom is -0.424 e. The van der Waals surface area contributed by atoms with E-state index in [1.807, 2.05) is 38.1 Å². The van der Waals surface area contributed by atoms with E-state index < -0.39 is 0 Å². The SMILES string of the molecule is Cc1cc(C)nc(Oc2cccc(NC(=O)CC3CCCCC3)c2)n1. The standard InChI is InChI=1S/C20H25N3O2/c1-14-11-15(2)22-20(21-14)25-18-10-6-9-17(13-18)23-19(24)12-16-7-4-3-5-8-16/h6,9-11,13,16H,3-5,7-8,12H2,1-2H3,(H,23,24). The molecule has 5 heteroatoms. The van der Waals surface area contributed by atoms with Crippen LogP contribution in [0.15, 0.2) is 30.3 Å². The first-order valence-corrected chi connectivity index (χ1v) is 8.98. The Balaban J connectivity index is 1.61. The molecule has 1 saturated carbocycles. The first kappa shape index (κ1) is 17.4. The highest BCUT2D eigenvalue weighted by Gasteiger charge is 2.17. The topological polar surface area (TPSA) is 64.1 Å². The molecule has 0 unspecified atom stereocenters. The lowest BCUT2D eigenvalue weighted by molar-refractivity contribution is -0.117. The molecule has 5 nitrogen and oxygen atoms in total. The number of aromatic nitrogens is 2. The Kier molecular flexibility index (Phi) is 5.64. The van der Waals surface area contributed by atoms with Gasteiger partial charge in [0.25, 0.3) is 0 Å². The van der Waals surface area contributed by atoms with Crippen LogP contribution >= 0.6 is 0 Å². The molecule has 1 fully saturated rings.